The summed E-state index contributed by atoms with van der Waals surface area (Å²) in [5, 5.41) is 8.74. The van der Waals surface area contributed by atoms with E-state index in [1.54, 1.807) is 0 Å². The molecule has 0 aliphatic rings. The third-order valence-electron chi connectivity index (χ3n) is 3.36. The summed E-state index contributed by atoms with van der Waals surface area (Å²) in [5.74, 6) is -0.513. The summed E-state index contributed by atoms with van der Waals surface area (Å²) in [6.07, 6.45) is 2.34. The number of rotatable bonds is 8. The molecule has 0 amide bonds. The Kier molecular flexibility index (Phi) is 6.57. The molecule has 0 aliphatic carbocycles. The SMILES string of the molecule is CCc1ccc(CCN(C)CC(C)CC(=O)O)cc1. The van der Waals surface area contributed by atoms with Crippen LogP contribution in [0.1, 0.15) is 31.4 Å². The first-order valence-corrected chi connectivity index (χ1v) is 6.99. The predicted molar refractivity (Wildman–Crippen MR) is 78.4 cm³/mol. The average Bonchev–Trinajstić information content (AvgIpc) is 2.36. The molecule has 3 nitrogen and oxygen atoms in total. The lowest BCUT2D eigenvalue weighted by molar-refractivity contribution is -0.138. The van der Waals surface area contributed by atoms with Crippen LogP contribution in [0.15, 0.2) is 24.3 Å². The van der Waals surface area contributed by atoms with Gasteiger partial charge >= 0.3 is 5.97 Å². The van der Waals surface area contributed by atoms with Crippen molar-refractivity contribution in [3.8, 4) is 0 Å². The number of aryl methyl sites for hydroxylation is 1. The molecule has 106 valence electrons. The maximum atomic E-state index is 10.6. The number of carboxylic acid groups (broad SMARTS) is 1. The highest BCUT2D eigenvalue weighted by molar-refractivity contribution is 5.66. The maximum absolute atomic E-state index is 10.6. The Labute approximate surface area is 116 Å². The Bertz CT molecular complexity index is 386. The van der Waals surface area contributed by atoms with Gasteiger partial charge in [0.15, 0.2) is 0 Å². The van der Waals surface area contributed by atoms with Crippen molar-refractivity contribution in [2.75, 3.05) is 20.1 Å². The average molecular weight is 263 g/mol. The molecule has 0 saturated heterocycles. The molecule has 0 spiro atoms. The molecule has 19 heavy (non-hydrogen) atoms. The van der Waals surface area contributed by atoms with E-state index < -0.39 is 5.97 Å². The Hall–Kier alpha value is -1.35. The molecular weight excluding hydrogens is 238 g/mol. The second kappa shape index (κ2) is 7.95. The van der Waals surface area contributed by atoms with Crippen LogP contribution >= 0.6 is 0 Å². The molecule has 1 aromatic carbocycles. The monoisotopic (exact) mass is 263 g/mol. The topological polar surface area (TPSA) is 40.5 Å². The summed E-state index contributed by atoms with van der Waals surface area (Å²) < 4.78 is 0. The smallest absolute Gasteiger partial charge is 0.303 e. The van der Waals surface area contributed by atoms with Crippen LogP contribution in [0.2, 0.25) is 0 Å². The van der Waals surface area contributed by atoms with E-state index in [0.29, 0.717) is 0 Å². The van der Waals surface area contributed by atoms with Crippen LogP contribution in [0.4, 0.5) is 0 Å². The van der Waals surface area contributed by atoms with E-state index in [4.69, 9.17) is 5.11 Å². The number of carbonyl (C=O) groups is 1. The van der Waals surface area contributed by atoms with Crippen LogP contribution in [0, 0.1) is 5.92 Å². The van der Waals surface area contributed by atoms with Crippen molar-refractivity contribution in [1.29, 1.82) is 0 Å². The summed E-state index contributed by atoms with van der Waals surface area (Å²) in [6.45, 7) is 5.95. The van der Waals surface area contributed by atoms with Crippen molar-refractivity contribution in [1.82, 2.24) is 4.90 Å². The molecule has 0 heterocycles. The lowest BCUT2D eigenvalue weighted by Gasteiger charge is -2.20. The number of hydrogen-bond donors (Lipinski definition) is 1. The van der Waals surface area contributed by atoms with E-state index in [-0.39, 0.29) is 12.3 Å². The lowest BCUT2D eigenvalue weighted by atomic mass is 10.1. The molecule has 1 N–H and O–H groups in total. The normalized spacial score (nSPS) is 12.6. The quantitative estimate of drug-likeness (QED) is 0.784. The van der Waals surface area contributed by atoms with E-state index in [1.807, 2.05) is 6.92 Å². The van der Waals surface area contributed by atoms with Crippen LogP contribution in [0.3, 0.4) is 0 Å². The van der Waals surface area contributed by atoms with E-state index in [0.717, 1.165) is 25.9 Å². The van der Waals surface area contributed by atoms with E-state index in [2.05, 4.69) is 43.1 Å². The maximum Gasteiger partial charge on any atom is 0.303 e. The van der Waals surface area contributed by atoms with Gasteiger partial charge in [0.2, 0.25) is 0 Å². The van der Waals surface area contributed by atoms with Gasteiger partial charge in [-0.1, -0.05) is 38.1 Å². The zero-order valence-electron chi connectivity index (χ0n) is 12.2. The summed E-state index contributed by atoms with van der Waals surface area (Å²) in [7, 11) is 2.05. The van der Waals surface area contributed by atoms with Gasteiger partial charge in [-0.3, -0.25) is 4.79 Å². The lowest BCUT2D eigenvalue weighted by Crippen LogP contribution is -2.27. The molecule has 0 saturated carbocycles. The van der Waals surface area contributed by atoms with Crippen molar-refractivity contribution in [3.05, 3.63) is 35.4 Å². The summed E-state index contributed by atoms with van der Waals surface area (Å²) in [4.78, 5) is 12.8. The largest absolute Gasteiger partial charge is 0.481 e. The molecule has 0 bridgehead atoms. The van der Waals surface area contributed by atoms with Gasteiger partial charge in [0.1, 0.15) is 0 Å². The van der Waals surface area contributed by atoms with Crippen LogP contribution in [0.25, 0.3) is 0 Å². The molecule has 0 radical (unpaired) electrons. The number of nitrogens with zero attached hydrogens (tertiary/aromatic N) is 1. The Morgan fingerprint density at radius 2 is 1.84 bits per heavy atom. The summed E-state index contributed by atoms with van der Waals surface area (Å²) in [6, 6.07) is 8.74. The molecule has 3 heteroatoms. The van der Waals surface area contributed by atoms with Gasteiger partial charge in [0.25, 0.3) is 0 Å². The zero-order valence-corrected chi connectivity index (χ0v) is 12.2. The molecule has 0 aromatic heterocycles. The van der Waals surface area contributed by atoms with Gasteiger partial charge in [-0.15, -0.1) is 0 Å². The van der Waals surface area contributed by atoms with E-state index in [9.17, 15) is 4.79 Å². The minimum Gasteiger partial charge on any atom is -0.481 e. The fraction of sp³-hybridized carbons (Fsp3) is 0.562. The van der Waals surface area contributed by atoms with Gasteiger partial charge < -0.3 is 10.0 Å². The number of hydrogen-bond acceptors (Lipinski definition) is 2. The van der Waals surface area contributed by atoms with Crippen LogP contribution in [-0.4, -0.2) is 36.1 Å². The van der Waals surface area contributed by atoms with Gasteiger partial charge in [-0.25, -0.2) is 0 Å². The Morgan fingerprint density at radius 1 is 1.26 bits per heavy atom. The predicted octanol–water partition coefficient (Wildman–Crippen LogP) is 2.83. The van der Waals surface area contributed by atoms with E-state index >= 15 is 0 Å². The van der Waals surface area contributed by atoms with Crippen molar-refractivity contribution in [3.63, 3.8) is 0 Å². The molecular formula is C16H25NO2. The second-order valence-electron chi connectivity index (χ2n) is 5.39. The van der Waals surface area contributed by atoms with Crippen LogP contribution in [-0.2, 0) is 17.6 Å². The van der Waals surface area contributed by atoms with Gasteiger partial charge in [0.05, 0.1) is 0 Å². The fourth-order valence-corrected chi connectivity index (χ4v) is 2.25. The standard InChI is InChI=1S/C16H25NO2/c1-4-14-5-7-15(8-6-14)9-10-17(3)12-13(2)11-16(18)19/h5-8,13H,4,9-12H2,1-3H3,(H,18,19). The summed E-state index contributed by atoms with van der Waals surface area (Å²) in [5.41, 5.74) is 2.71. The highest BCUT2D eigenvalue weighted by Gasteiger charge is 2.10. The van der Waals surface area contributed by atoms with Crippen LogP contribution in [0.5, 0.6) is 0 Å². The minimum atomic E-state index is -0.712. The highest BCUT2D eigenvalue weighted by atomic mass is 16.4. The van der Waals surface area contributed by atoms with Crippen molar-refractivity contribution >= 4 is 5.97 Å². The Balaban J connectivity index is 2.32. The number of carboxylic acids is 1. The third kappa shape index (κ3) is 6.39. The van der Waals surface area contributed by atoms with Gasteiger partial charge in [-0.2, -0.15) is 0 Å². The zero-order chi connectivity index (χ0) is 14.3. The van der Waals surface area contributed by atoms with Crippen molar-refractivity contribution in [2.45, 2.75) is 33.1 Å². The first kappa shape index (κ1) is 15.7. The number of likely N-dealkylation sites (N-methyl/N-ethyl adjacent to an activating group) is 1. The second-order valence-corrected chi connectivity index (χ2v) is 5.39. The molecule has 0 aliphatic heterocycles. The molecule has 1 aromatic rings. The summed E-state index contributed by atoms with van der Waals surface area (Å²) >= 11 is 0. The molecule has 0 fully saturated rings. The van der Waals surface area contributed by atoms with Crippen LogP contribution < -0.4 is 0 Å². The number of benzene rings is 1. The molecule has 1 rings (SSSR count). The molecule has 1 unspecified atom stereocenters. The first-order valence-electron chi connectivity index (χ1n) is 6.99. The Morgan fingerprint density at radius 3 is 2.37 bits per heavy atom. The van der Waals surface area contributed by atoms with Crippen molar-refractivity contribution in [2.24, 2.45) is 5.92 Å². The highest BCUT2D eigenvalue weighted by Crippen LogP contribution is 2.08. The van der Waals surface area contributed by atoms with E-state index in [1.165, 1.54) is 11.1 Å². The van der Waals surface area contributed by atoms with Crippen molar-refractivity contribution < 1.29 is 9.90 Å². The number of aliphatic carboxylic acids is 1. The fourth-order valence-electron chi connectivity index (χ4n) is 2.25. The molecule has 1 atom stereocenters. The minimum absolute atomic E-state index is 0.199. The first-order chi connectivity index (χ1) is 9.01. The van der Waals surface area contributed by atoms with Gasteiger partial charge in [-0.05, 0) is 36.9 Å². The third-order valence-corrected chi connectivity index (χ3v) is 3.36. The van der Waals surface area contributed by atoms with Gasteiger partial charge in [0, 0.05) is 19.5 Å².